The van der Waals surface area contributed by atoms with Crippen LogP contribution in [0.1, 0.15) is 23.5 Å². The maximum atomic E-state index is 12.5. The Morgan fingerprint density at radius 2 is 2.04 bits per heavy atom. The first kappa shape index (κ1) is 16.5. The van der Waals surface area contributed by atoms with E-state index in [1.165, 1.54) is 12.3 Å². The van der Waals surface area contributed by atoms with Gasteiger partial charge < -0.3 is 9.32 Å². The molecule has 0 radical (unpaired) electrons. The van der Waals surface area contributed by atoms with Crippen molar-refractivity contribution in [1.29, 1.82) is 0 Å². The molecule has 0 spiro atoms. The Morgan fingerprint density at radius 1 is 1.25 bits per heavy atom. The van der Waals surface area contributed by atoms with E-state index in [-0.39, 0.29) is 10.8 Å². The van der Waals surface area contributed by atoms with Crippen LogP contribution >= 0.6 is 0 Å². The topological polar surface area (TPSA) is 67.6 Å². The molecular formula is C18H19NO4S. The molecule has 0 saturated heterocycles. The minimum Gasteiger partial charge on any atom is -0.462 e. The van der Waals surface area contributed by atoms with Crippen molar-refractivity contribution in [1.82, 2.24) is 0 Å². The van der Waals surface area contributed by atoms with Crippen molar-refractivity contribution in [3.63, 3.8) is 0 Å². The lowest BCUT2D eigenvalue weighted by atomic mass is 10.0. The van der Waals surface area contributed by atoms with E-state index in [1.807, 2.05) is 19.1 Å². The summed E-state index contributed by atoms with van der Waals surface area (Å²) in [4.78, 5) is 14.5. The first-order valence-electron chi connectivity index (χ1n) is 7.73. The summed E-state index contributed by atoms with van der Waals surface area (Å²) in [5, 5.41) is 0. The van der Waals surface area contributed by atoms with Crippen LogP contribution < -0.4 is 4.90 Å². The molecule has 126 valence electrons. The molecule has 1 aliphatic rings. The molecule has 6 heteroatoms. The summed E-state index contributed by atoms with van der Waals surface area (Å²) in [5.41, 5.74) is 1.67. The van der Waals surface area contributed by atoms with Crippen LogP contribution in [0.15, 0.2) is 45.7 Å². The molecule has 0 unspecified atom stereocenters. The largest absolute Gasteiger partial charge is 0.462 e. The highest BCUT2D eigenvalue weighted by Crippen LogP contribution is 2.29. The van der Waals surface area contributed by atoms with Crippen molar-refractivity contribution in [2.45, 2.75) is 24.7 Å². The van der Waals surface area contributed by atoms with Crippen LogP contribution in [0.2, 0.25) is 0 Å². The molecule has 0 N–H and O–H groups in total. The number of hydrogen-bond donors (Lipinski definition) is 0. The van der Waals surface area contributed by atoms with Gasteiger partial charge in [0.1, 0.15) is 11.5 Å². The van der Waals surface area contributed by atoms with E-state index < -0.39 is 9.84 Å². The van der Waals surface area contributed by atoms with E-state index in [0.717, 1.165) is 29.9 Å². The van der Waals surface area contributed by atoms with Crippen molar-refractivity contribution in [3.8, 4) is 0 Å². The summed E-state index contributed by atoms with van der Waals surface area (Å²) in [6, 6.07) is 8.59. The highest BCUT2D eigenvalue weighted by Gasteiger charge is 2.22. The zero-order valence-corrected chi connectivity index (χ0v) is 14.5. The second-order valence-corrected chi connectivity index (χ2v) is 7.95. The third kappa shape index (κ3) is 3.43. The van der Waals surface area contributed by atoms with Crippen LogP contribution in [-0.4, -0.2) is 27.1 Å². The predicted octanol–water partition coefficient (Wildman–Crippen LogP) is 2.98. The standard InChI is InChI=1S/C18H19NO4S/c1-13-5-6-15(23-13)7-10-18(20)19-11-3-4-14-12-16(24(2,21)22)8-9-17(14)19/h5-10,12H,3-4,11H2,1-2H3/b10-7+. The van der Waals surface area contributed by atoms with Crippen molar-refractivity contribution in [2.75, 3.05) is 17.7 Å². The van der Waals surface area contributed by atoms with E-state index in [9.17, 15) is 13.2 Å². The zero-order chi connectivity index (χ0) is 17.3. The number of nitrogens with zero attached hydrogens (tertiary/aromatic N) is 1. The van der Waals surface area contributed by atoms with Gasteiger partial charge in [0.2, 0.25) is 0 Å². The maximum absolute atomic E-state index is 12.5. The summed E-state index contributed by atoms with van der Waals surface area (Å²) < 4.78 is 28.8. The highest BCUT2D eigenvalue weighted by molar-refractivity contribution is 7.90. The first-order valence-corrected chi connectivity index (χ1v) is 9.63. The second kappa shape index (κ2) is 6.28. The summed E-state index contributed by atoms with van der Waals surface area (Å²) in [5.74, 6) is 1.28. The van der Waals surface area contributed by atoms with E-state index in [0.29, 0.717) is 12.3 Å². The molecule has 3 rings (SSSR count). The minimum absolute atomic E-state index is 0.142. The Morgan fingerprint density at radius 3 is 2.71 bits per heavy atom. The molecule has 0 saturated carbocycles. The molecule has 0 aliphatic carbocycles. The van der Waals surface area contributed by atoms with Gasteiger partial charge in [-0.3, -0.25) is 4.79 Å². The number of aryl methyl sites for hydroxylation is 2. The molecule has 5 nitrogen and oxygen atoms in total. The number of amides is 1. The zero-order valence-electron chi connectivity index (χ0n) is 13.7. The Balaban J connectivity index is 1.86. The fourth-order valence-corrected chi connectivity index (χ4v) is 3.49. The molecule has 1 aliphatic heterocycles. The number of fused-ring (bicyclic) bond motifs is 1. The monoisotopic (exact) mass is 345 g/mol. The Kier molecular flexibility index (Phi) is 4.32. The van der Waals surface area contributed by atoms with E-state index in [4.69, 9.17) is 4.42 Å². The fourth-order valence-electron chi connectivity index (χ4n) is 2.82. The molecule has 24 heavy (non-hydrogen) atoms. The molecule has 1 aromatic carbocycles. The highest BCUT2D eigenvalue weighted by atomic mass is 32.2. The van der Waals surface area contributed by atoms with Gasteiger partial charge in [0.15, 0.2) is 9.84 Å². The third-order valence-corrected chi connectivity index (χ3v) is 5.13. The smallest absolute Gasteiger partial charge is 0.251 e. The maximum Gasteiger partial charge on any atom is 0.251 e. The van der Waals surface area contributed by atoms with Crippen LogP contribution in [-0.2, 0) is 21.1 Å². The molecule has 0 bridgehead atoms. The molecule has 1 aromatic heterocycles. The van der Waals surface area contributed by atoms with Gasteiger partial charge in [-0.2, -0.15) is 0 Å². The SMILES string of the molecule is Cc1ccc(/C=C/C(=O)N2CCCc3cc(S(C)(=O)=O)ccc32)o1. The Bertz CT molecular complexity index is 909. The third-order valence-electron chi connectivity index (χ3n) is 4.02. The number of benzene rings is 1. The minimum atomic E-state index is -3.25. The number of sulfone groups is 1. The van der Waals surface area contributed by atoms with Gasteiger partial charge in [-0.05, 0) is 61.7 Å². The van der Waals surface area contributed by atoms with Gasteiger partial charge in [-0.15, -0.1) is 0 Å². The lowest BCUT2D eigenvalue weighted by Gasteiger charge is -2.29. The van der Waals surface area contributed by atoms with Gasteiger partial charge in [0, 0.05) is 24.6 Å². The van der Waals surface area contributed by atoms with Crippen molar-refractivity contribution in [3.05, 3.63) is 53.5 Å². The number of rotatable bonds is 3. The van der Waals surface area contributed by atoms with Crippen molar-refractivity contribution >= 4 is 27.5 Å². The average molecular weight is 345 g/mol. The van der Waals surface area contributed by atoms with Gasteiger partial charge in [-0.25, -0.2) is 8.42 Å². The second-order valence-electron chi connectivity index (χ2n) is 5.94. The van der Waals surface area contributed by atoms with E-state index in [1.54, 1.807) is 29.2 Å². The average Bonchev–Trinajstić information content (AvgIpc) is 2.96. The predicted molar refractivity (Wildman–Crippen MR) is 92.7 cm³/mol. The van der Waals surface area contributed by atoms with E-state index in [2.05, 4.69) is 0 Å². The van der Waals surface area contributed by atoms with Crippen molar-refractivity contribution in [2.24, 2.45) is 0 Å². The Labute approximate surface area is 141 Å². The van der Waals surface area contributed by atoms with Crippen molar-refractivity contribution < 1.29 is 17.6 Å². The number of hydrogen-bond acceptors (Lipinski definition) is 4. The number of carbonyl (C=O) groups excluding carboxylic acids is 1. The summed E-state index contributed by atoms with van der Waals surface area (Å²) in [7, 11) is -3.25. The van der Waals surface area contributed by atoms with Crippen LogP contribution in [0.5, 0.6) is 0 Å². The number of anilines is 1. The summed E-state index contributed by atoms with van der Waals surface area (Å²) in [6.07, 6.45) is 5.89. The normalized spacial score (nSPS) is 14.8. The van der Waals surface area contributed by atoms with Crippen LogP contribution in [0.25, 0.3) is 6.08 Å². The lowest BCUT2D eigenvalue weighted by molar-refractivity contribution is -0.114. The summed E-state index contributed by atoms with van der Waals surface area (Å²) >= 11 is 0. The van der Waals surface area contributed by atoms with Crippen LogP contribution in [0.4, 0.5) is 5.69 Å². The van der Waals surface area contributed by atoms with Gasteiger partial charge >= 0.3 is 0 Å². The van der Waals surface area contributed by atoms with Crippen LogP contribution in [0, 0.1) is 6.92 Å². The van der Waals surface area contributed by atoms with Gasteiger partial charge in [0.05, 0.1) is 4.90 Å². The fraction of sp³-hybridized carbons (Fsp3) is 0.278. The quantitative estimate of drug-likeness (QED) is 0.802. The molecule has 2 aromatic rings. The number of carbonyl (C=O) groups is 1. The van der Waals surface area contributed by atoms with E-state index >= 15 is 0 Å². The lowest BCUT2D eigenvalue weighted by Crippen LogP contribution is -2.34. The van der Waals surface area contributed by atoms with Gasteiger partial charge in [0.25, 0.3) is 5.91 Å². The molecule has 2 heterocycles. The summed E-state index contributed by atoms with van der Waals surface area (Å²) in [6.45, 7) is 2.46. The first-order chi connectivity index (χ1) is 11.3. The van der Waals surface area contributed by atoms with Gasteiger partial charge in [-0.1, -0.05) is 0 Å². The molecule has 0 atom stereocenters. The molecule has 1 amide bonds. The molecule has 0 fully saturated rings. The number of furan rings is 1. The van der Waals surface area contributed by atoms with Crippen LogP contribution in [0.3, 0.4) is 0 Å². The molecular weight excluding hydrogens is 326 g/mol. The Hall–Kier alpha value is -2.34.